The summed E-state index contributed by atoms with van der Waals surface area (Å²) in [5.74, 6) is 0. The molecule has 100 valence electrons. The van der Waals surface area contributed by atoms with Crippen molar-refractivity contribution in [2.45, 2.75) is 32.2 Å². The van der Waals surface area contributed by atoms with Gasteiger partial charge in [-0.05, 0) is 56.5 Å². The first kappa shape index (κ1) is 13.1. The molecular formula is C15H17ClN2S. The van der Waals surface area contributed by atoms with Gasteiger partial charge in [-0.15, -0.1) is 11.3 Å². The van der Waals surface area contributed by atoms with Gasteiger partial charge in [-0.3, -0.25) is 0 Å². The maximum absolute atomic E-state index is 6.04. The van der Waals surface area contributed by atoms with Gasteiger partial charge in [0.2, 0.25) is 0 Å². The third-order valence-electron chi connectivity index (χ3n) is 3.69. The molecule has 0 saturated carbocycles. The van der Waals surface area contributed by atoms with Crippen LogP contribution in [0.1, 0.15) is 39.2 Å². The maximum Gasteiger partial charge on any atom is 0.115 e. The normalized spacial score (nSPS) is 15.5. The third-order valence-corrected chi connectivity index (χ3v) is 5.15. The zero-order valence-electron chi connectivity index (χ0n) is 11.2. The molecule has 1 heterocycles. The monoisotopic (exact) mass is 292 g/mol. The van der Waals surface area contributed by atoms with Crippen LogP contribution in [0.4, 0.5) is 0 Å². The number of hydrogen-bond acceptors (Lipinski definition) is 3. The average molecular weight is 293 g/mol. The highest BCUT2D eigenvalue weighted by Crippen LogP contribution is 2.34. The lowest BCUT2D eigenvalue weighted by Crippen LogP contribution is -2.18. The van der Waals surface area contributed by atoms with Crippen LogP contribution in [-0.4, -0.2) is 12.0 Å². The van der Waals surface area contributed by atoms with Crippen LogP contribution in [0.5, 0.6) is 0 Å². The van der Waals surface area contributed by atoms with E-state index in [1.165, 1.54) is 39.5 Å². The van der Waals surface area contributed by atoms with E-state index in [2.05, 4.69) is 18.3 Å². The SMILES string of the molecule is CNC(c1nc2c(s1)CCC2)c1ccc(Cl)cc1C. The zero-order chi connectivity index (χ0) is 13.4. The average Bonchev–Trinajstić information content (AvgIpc) is 2.93. The molecule has 1 aromatic carbocycles. The quantitative estimate of drug-likeness (QED) is 0.928. The van der Waals surface area contributed by atoms with E-state index in [4.69, 9.17) is 16.6 Å². The van der Waals surface area contributed by atoms with E-state index < -0.39 is 0 Å². The number of aromatic nitrogens is 1. The standard InChI is InChI=1S/C15H17ClN2S/c1-9-8-10(16)6-7-11(9)14(17-2)15-18-12-4-3-5-13(12)19-15/h6-8,14,17H,3-5H2,1-2H3. The zero-order valence-corrected chi connectivity index (χ0v) is 12.7. The maximum atomic E-state index is 6.04. The fourth-order valence-electron chi connectivity index (χ4n) is 2.71. The summed E-state index contributed by atoms with van der Waals surface area (Å²) in [6, 6.07) is 6.25. The molecule has 2 aromatic rings. The van der Waals surface area contributed by atoms with Crippen LogP contribution >= 0.6 is 22.9 Å². The van der Waals surface area contributed by atoms with Gasteiger partial charge in [0.25, 0.3) is 0 Å². The number of thiazole rings is 1. The van der Waals surface area contributed by atoms with Crippen molar-refractivity contribution >= 4 is 22.9 Å². The molecule has 1 aliphatic rings. The van der Waals surface area contributed by atoms with Gasteiger partial charge in [0.15, 0.2) is 0 Å². The Labute approximate surface area is 122 Å². The lowest BCUT2D eigenvalue weighted by molar-refractivity contribution is 0.679. The minimum absolute atomic E-state index is 0.174. The van der Waals surface area contributed by atoms with Crippen molar-refractivity contribution in [2.75, 3.05) is 7.05 Å². The van der Waals surface area contributed by atoms with Gasteiger partial charge in [0, 0.05) is 9.90 Å². The van der Waals surface area contributed by atoms with Gasteiger partial charge in [-0.1, -0.05) is 17.7 Å². The first-order valence-corrected chi connectivity index (χ1v) is 7.80. The van der Waals surface area contributed by atoms with Gasteiger partial charge < -0.3 is 5.32 Å². The Bertz CT molecular complexity index is 585. The lowest BCUT2D eigenvalue weighted by Gasteiger charge is -2.17. The molecule has 19 heavy (non-hydrogen) atoms. The number of rotatable bonds is 3. The van der Waals surface area contributed by atoms with Crippen molar-refractivity contribution in [3.05, 3.63) is 49.9 Å². The number of halogens is 1. The Balaban J connectivity index is 1.99. The number of nitrogens with one attached hydrogen (secondary N) is 1. The second-order valence-electron chi connectivity index (χ2n) is 5.00. The molecule has 3 rings (SSSR count). The van der Waals surface area contributed by atoms with Crippen LogP contribution in [0, 0.1) is 6.92 Å². The predicted octanol–water partition coefficient (Wildman–Crippen LogP) is 3.90. The van der Waals surface area contributed by atoms with E-state index in [-0.39, 0.29) is 6.04 Å². The van der Waals surface area contributed by atoms with Crippen molar-refractivity contribution in [2.24, 2.45) is 0 Å². The van der Waals surface area contributed by atoms with E-state index >= 15 is 0 Å². The van der Waals surface area contributed by atoms with Crippen LogP contribution in [0.2, 0.25) is 5.02 Å². The topological polar surface area (TPSA) is 24.9 Å². The summed E-state index contributed by atoms with van der Waals surface area (Å²) in [7, 11) is 1.99. The number of benzene rings is 1. The van der Waals surface area contributed by atoms with Crippen molar-refractivity contribution in [3.8, 4) is 0 Å². The summed E-state index contributed by atoms with van der Waals surface area (Å²) >= 11 is 7.89. The largest absolute Gasteiger partial charge is 0.307 e. The van der Waals surface area contributed by atoms with E-state index in [0.29, 0.717) is 0 Å². The Morgan fingerprint density at radius 3 is 2.89 bits per heavy atom. The summed E-state index contributed by atoms with van der Waals surface area (Å²) in [5.41, 5.74) is 3.79. The highest BCUT2D eigenvalue weighted by Gasteiger charge is 2.23. The lowest BCUT2D eigenvalue weighted by atomic mass is 10.0. The number of fused-ring (bicyclic) bond motifs is 1. The number of nitrogens with zero attached hydrogens (tertiary/aromatic N) is 1. The van der Waals surface area contributed by atoms with Gasteiger partial charge in [0.1, 0.15) is 5.01 Å². The summed E-state index contributed by atoms with van der Waals surface area (Å²) in [5, 5.41) is 5.36. The van der Waals surface area contributed by atoms with E-state index in [1.807, 2.05) is 30.5 Å². The van der Waals surface area contributed by atoms with E-state index in [9.17, 15) is 0 Å². The summed E-state index contributed by atoms with van der Waals surface area (Å²) in [6.07, 6.45) is 3.60. The Hall–Kier alpha value is -0.900. The van der Waals surface area contributed by atoms with Crippen LogP contribution < -0.4 is 5.32 Å². The molecule has 0 bridgehead atoms. The van der Waals surface area contributed by atoms with Crippen LogP contribution in [0.15, 0.2) is 18.2 Å². The molecule has 2 nitrogen and oxygen atoms in total. The number of aryl methyl sites for hydroxylation is 3. The molecule has 0 saturated heterocycles. The Kier molecular flexibility index (Phi) is 3.61. The fourth-order valence-corrected chi connectivity index (χ4v) is 4.22. The first-order valence-electron chi connectivity index (χ1n) is 6.61. The Morgan fingerprint density at radius 1 is 1.37 bits per heavy atom. The fraction of sp³-hybridized carbons (Fsp3) is 0.400. The van der Waals surface area contributed by atoms with Crippen molar-refractivity contribution in [3.63, 3.8) is 0 Å². The molecule has 4 heteroatoms. The third kappa shape index (κ3) is 2.42. The minimum Gasteiger partial charge on any atom is -0.307 e. The summed E-state index contributed by atoms with van der Waals surface area (Å²) < 4.78 is 0. The van der Waals surface area contributed by atoms with Gasteiger partial charge >= 0.3 is 0 Å². The van der Waals surface area contributed by atoms with Gasteiger partial charge in [-0.25, -0.2) is 4.98 Å². The molecule has 0 radical (unpaired) electrons. The Morgan fingerprint density at radius 2 is 2.21 bits per heavy atom. The van der Waals surface area contributed by atoms with Crippen molar-refractivity contribution in [1.29, 1.82) is 0 Å². The molecule has 1 aliphatic carbocycles. The van der Waals surface area contributed by atoms with Gasteiger partial charge in [0.05, 0.1) is 11.7 Å². The molecule has 1 unspecified atom stereocenters. The van der Waals surface area contributed by atoms with Crippen LogP contribution in [0.3, 0.4) is 0 Å². The van der Waals surface area contributed by atoms with Crippen molar-refractivity contribution < 1.29 is 0 Å². The second kappa shape index (κ2) is 5.23. The minimum atomic E-state index is 0.174. The summed E-state index contributed by atoms with van der Waals surface area (Å²) in [4.78, 5) is 6.30. The molecule has 0 spiro atoms. The van der Waals surface area contributed by atoms with Crippen molar-refractivity contribution in [1.82, 2.24) is 10.3 Å². The summed E-state index contributed by atoms with van der Waals surface area (Å²) in [6.45, 7) is 2.10. The molecule has 1 aromatic heterocycles. The number of hydrogen-bond donors (Lipinski definition) is 1. The second-order valence-corrected chi connectivity index (χ2v) is 6.55. The highest BCUT2D eigenvalue weighted by atomic mass is 35.5. The van der Waals surface area contributed by atoms with E-state index in [1.54, 1.807) is 0 Å². The van der Waals surface area contributed by atoms with E-state index in [0.717, 1.165) is 11.4 Å². The highest BCUT2D eigenvalue weighted by molar-refractivity contribution is 7.11. The predicted molar refractivity (Wildman–Crippen MR) is 81.2 cm³/mol. The molecule has 0 aliphatic heterocycles. The smallest absolute Gasteiger partial charge is 0.115 e. The molecule has 0 amide bonds. The molecule has 1 N–H and O–H groups in total. The van der Waals surface area contributed by atoms with Crippen LogP contribution in [0.25, 0.3) is 0 Å². The first-order chi connectivity index (χ1) is 9.19. The van der Waals surface area contributed by atoms with Gasteiger partial charge in [-0.2, -0.15) is 0 Å². The molecular weight excluding hydrogens is 276 g/mol. The molecule has 0 fully saturated rings. The van der Waals surface area contributed by atoms with Crippen LogP contribution in [-0.2, 0) is 12.8 Å². The molecule has 1 atom stereocenters.